The molecule has 0 spiro atoms. The van der Waals surface area contributed by atoms with Gasteiger partial charge in [-0.2, -0.15) is 13.2 Å². The van der Waals surface area contributed by atoms with E-state index < -0.39 is 27.7 Å². The molecule has 2 aromatic rings. The molecule has 0 atom stereocenters. The van der Waals surface area contributed by atoms with Crippen molar-refractivity contribution in [1.82, 2.24) is 4.72 Å². The minimum absolute atomic E-state index is 0.0346. The van der Waals surface area contributed by atoms with Crippen molar-refractivity contribution >= 4 is 16.0 Å². The number of halogens is 3. The Balaban J connectivity index is 0.00000190. The molecule has 0 amide bonds. The van der Waals surface area contributed by atoms with Crippen LogP contribution >= 0.6 is 0 Å². The van der Waals surface area contributed by atoms with Gasteiger partial charge in [0.05, 0.1) is 17.6 Å². The van der Waals surface area contributed by atoms with E-state index in [2.05, 4.69) is 9.46 Å². The van der Waals surface area contributed by atoms with E-state index in [4.69, 9.17) is 4.74 Å². The topological polar surface area (TPSA) is 81.7 Å². The molecule has 0 saturated carbocycles. The summed E-state index contributed by atoms with van der Waals surface area (Å²) in [6.07, 6.45) is -4.49. The fraction of sp³-hybridized carbons (Fsp3) is 0.278. The molecule has 1 N–H and O–H groups in total. The minimum Gasteiger partial charge on any atom is -0.465 e. The van der Waals surface area contributed by atoms with Crippen LogP contribution in [-0.2, 0) is 20.9 Å². The van der Waals surface area contributed by atoms with Gasteiger partial charge in [0.2, 0.25) is 10.0 Å². The van der Waals surface area contributed by atoms with Crippen molar-refractivity contribution in [2.75, 3.05) is 14.2 Å². The molecule has 2 aromatic carbocycles. The standard InChI is InChI=1S/C16H14F3NO5S.C2H6/c1-20-26(22,23)12-7-8-14(13(9-12)15(21)24-2)25-11-5-3-10(4-6-11)16(17,18)19;1-2/h3-9,20H,1-2H3;1-2H3. The van der Waals surface area contributed by atoms with Crippen LogP contribution in [0, 0.1) is 0 Å². The van der Waals surface area contributed by atoms with Crippen molar-refractivity contribution in [2.24, 2.45) is 0 Å². The summed E-state index contributed by atoms with van der Waals surface area (Å²) in [7, 11) is -1.50. The Hall–Kier alpha value is -2.59. The van der Waals surface area contributed by atoms with Gasteiger partial charge < -0.3 is 9.47 Å². The fourth-order valence-electron chi connectivity index (χ4n) is 1.99. The molecule has 0 heterocycles. The first-order chi connectivity index (χ1) is 13.1. The van der Waals surface area contributed by atoms with Crippen molar-refractivity contribution in [1.29, 1.82) is 0 Å². The Morgan fingerprint density at radius 2 is 1.61 bits per heavy atom. The van der Waals surface area contributed by atoms with E-state index in [9.17, 15) is 26.4 Å². The molecule has 6 nitrogen and oxygen atoms in total. The molecule has 0 bridgehead atoms. The molecule has 0 aromatic heterocycles. The van der Waals surface area contributed by atoms with Gasteiger partial charge in [-0.25, -0.2) is 17.9 Å². The second-order valence-corrected chi connectivity index (χ2v) is 6.87. The van der Waals surface area contributed by atoms with Crippen LogP contribution < -0.4 is 9.46 Å². The van der Waals surface area contributed by atoms with Crippen LogP contribution in [0.5, 0.6) is 11.5 Å². The van der Waals surface area contributed by atoms with Crippen molar-refractivity contribution in [3.63, 3.8) is 0 Å². The van der Waals surface area contributed by atoms with Crippen LogP contribution in [-0.4, -0.2) is 28.5 Å². The first-order valence-electron chi connectivity index (χ1n) is 8.09. The SMILES string of the molecule is CC.CNS(=O)(=O)c1ccc(Oc2ccc(C(F)(F)F)cc2)c(C(=O)OC)c1. The van der Waals surface area contributed by atoms with Gasteiger partial charge in [-0.1, -0.05) is 13.8 Å². The largest absolute Gasteiger partial charge is 0.465 e. The Bertz CT molecular complexity index is 910. The molecule has 0 aliphatic rings. The Labute approximate surface area is 161 Å². The molecule has 28 heavy (non-hydrogen) atoms. The second-order valence-electron chi connectivity index (χ2n) is 4.98. The summed E-state index contributed by atoms with van der Waals surface area (Å²) < 4.78 is 73.6. The maximum Gasteiger partial charge on any atom is 0.416 e. The number of carbonyl (C=O) groups is 1. The number of rotatable bonds is 5. The number of alkyl halides is 3. The molecule has 2 rings (SSSR count). The van der Waals surface area contributed by atoms with Crippen molar-refractivity contribution in [3.05, 3.63) is 53.6 Å². The number of hydrogen-bond donors (Lipinski definition) is 1. The maximum atomic E-state index is 12.6. The van der Waals surface area contributed by atoms with E-state index in [0.29, 0.717) is 0 Å². The zero-order valence-electron chi connectivity index (χ0n) is 15.6. The minimum atomic E-state index is -4.49. The number of nitrogens with one attached hydrogen (secondary N) is 1. The summed E-state index contributed by atoms with van der Waals surface area (Å²) in [5, 5.41) is 0. The molecular weight excluding hydrogens is 399 g/mol. The highest BCUT2D eigenvalue weighted by molar-refractivity contribution is 7.89. The molecule has 154 valence electrons. The number of sulfonamides is 1. The van der Waals surface area contributed by atoms with Crippen LogP contribution in [0.1, 0.15) is 29.8 Å². The van der Waals surface area contributed by atoms with Crippen molar-refractivity contribution < 1.29 is 35.9 Å². The smallest absolute Gasteiger partial charge is 0.416 e. The van der Waals surface area contributed by atoms with Gasteiger partial charge in [-0.05, 0) is 49.5 Å². The summed E-state index contributed by atoms with van der Waals surface area (Å²) in [4.78, 5) is 11.7. The molecule has 0 saturated heterocycles. The van der Waals surface area contributed by atoms with E-state index >= 15 is 0 Å². The molecule has 0 radical (unpaired) electrons. The average molecular weight is 419 g/mol. The number of ether oxygens (including phenoxy) is 2. The Kier molecular flexibility index (Phi) is 8.01. The van der Waals surface area contributed by atoms with Crippen LogP contribution in [0.15, 0.2) is 47.4 Å². The quantitative estimate of drug-likeness (QED) is 0.734. The second kappa shape index (κ2) is 9.56. The predicted octanol–water partition coefficient (Wildman–Crippen LogP) is 4.22. The number of hydrogen-bond acceptors (Lipinski definition) is 5. The van der Waals surface area contributed by atoms with Crippen LogP contribution in [0.3, 0.4) is 0 Å². The monoisotopic (exact) mass is 419 g/mol. The van der Waals surface area contributed by atoms with Gasteiger partial charge in [-0.3, -0.25) is 0 Å². The first kappa shape index (κ1) is 23.4. The lowest BCUT2D eigenvalue weighted by Gasteiger charge is -2.13. The number of esters is 1. The van der Waals surface area contributed by atoms with Crippen LogP contribution in [0.2, 0.25) is 0 Å². The average Bonchev–Trinajstić information content (AvgIpc) is 2.68. The highest BCUT2D eigenvalue weighted by Crippen LogP contribution is 2.32. The Morgan fingerprint density at radius 3 is 2.07 bits per heavy atom. The Morgan fingerprint density at radius 1 is 1.04 bits per heavy atom. The third-order valence-corrected chi connectivity index (χ3v) is 4.76. The molecule has 0 aliphatic carbocycles. The lowest BCUT2D eigenvalue weighted by molar-refractivity contribution is -0.137. The molecule has 0 unspecified atom stereocenters. The normalized spacial score (nSPS) is 11.2. The number of methoxy groups -OCH3 is 1. The zero-order chi connectivity index (χ0) is 21.5. The highest BCUT2D eigenvalue weighted by Gasteiger charge is 2.30. The molecule has 0 fully saturated rings. The van der Waals surface area contributed by atoms with Gasteiger partial charge in [0.25, 0.3) is 0 Å². The maximum absolute atomic E-state index is 12.6. The fourth-order valence-corrected chi connectivity index (χ4v) is 2.75. The van der Waals surface area contributed by atoms with Crippen LogP contribution in [0.4, 0.5) is 13.2 Å². The van der Waals surface area contributed by atoms with Gasteiger partial charge >= 0.3 is 12.1 Å². The molecule has 0 aliphatic heterocycles. The van der Waals surface area contributed by atoms with Gasteiger partial charge in [0.1, 0.15) is 17.1 Å². The predicted molar refractivity (Wildman–Crippen MR) is 96.9 cm³/mol. The van der Waals surface area contributed by atoms with Gasteiger partial charge in [-0.15, -0.1) is 0 Å². The number of benzene rings is 2. The lowest BCUT2D eigenvalue weighted by Crippen LogP contribution is -2.19. The molecular formula is C18H20F3NO5S. The van der Waals surface area contributed by atoms with E-state index in [1.807, 2.05) is 13.8 Å². The van der Waals surface area contributed by atoms with Crippen molar-refractivity contribution in [3.8, 4) is 11.5 Å². The van der Waals surface area contributed by atoms with Crippen molar-refractivity contribution in [2.45, 2.75) is 24.9 Å². The highest BCUT2D eigenvalue weighted by atomic mass is 32.2. The van der Waals surface area contributed by atoms with Crippen LogP contribution in [0.25, 0.3) is 0 Å². The zero-order valence-corrected chi connectivity index (χ0v) is 16.4. The molecule has 10 heteroatoms. The summed E-state index contributed by atoms with van der Waals surface area (Å²) >= 11 is 0. The van der Waals surface area contributed by atoms with E-state index in [1.54, 1.807) is 0 Å². The first-order valence-corrected chi connectivity index (χ1v) is 9.58. The third kappa shape index (κ3) is 5.70. The summed E-state index contributed by atoms with van der Waals surface area (Å²) in [5.74, 6) is -0.890. The summed E-state index contributed by atoms with van der Waals surface area (Å²) in [5.41, 5.74) is -1.04. The van der Waals surface area contributed by atoms with E-state index in [-0.39, 0.29) is 22.0 Å². The summed E-state index contributed by atoms with van der Waals surface area (Å²) in [6.45, 7) is 4.00. The number of carbonyl (C=O) groups excluding carboxylic acids is 1. The lowest BCUT2D eigenvalue weighted by atomic mass is 10.2. The third-order valence-electron chi connectivity index (χ3n) is 3.34. The van der Waals surface area contributed by atoms with Gasteiger partial charge in [0, 0.05) is 0 Å². The summed E-state index contributed by atoms with van der Waals surface area (Å²) in [6, 6.07) is 7.28. The van der Waals surface area contributed by atoms with E-state index in [1.165, 1.54) is 19.2 Å². The van der Waals surface area contributed by atoms with Gasteiger partial charge in [0.15, 0.2) is 0 Å². The van der Waals surface area contributed by atoms with E-state index in [0.717, 1.165) is 37.4 Å².